The van der Waals surface area contributed by atoms with Crippen LogP contribution in [0.3, 0.4) is 0 Å². The summed E-state index contributed by atoms with van der Waals surface area (Å²) in [6.45, 7) is 2.64. The van der Waals surface area contributed by atoms with Gasteiger partial charge in [-0.25, -0.2) is 15.0 Å². The van der Waals surface area contributed by atoms with Gasteiger partial charge in [-0.2, -0.15) is 4.98 Å². The first-order chi connectivity index (χ1) is 9.74. The monoisotopic (exact) mass is 309 g/mol. The lowest BCUT2D eigenvalue weighted by Gasteiger charge is -2.06. The molecule has 0 N–H and O–H groups in total. The van der Waals surface area contributed by atoms with Gasteiger partial charge in [0.15, 0.2) is 11.2 Å². The van der Waals surface area contributed by atoms with Crippen LogP contribution >= 0.6 is 22.9 Å². The van der Waals surface area contributed by atoms with Gasteiger partial charge in [-0.3, -0.25) is 0 Å². The van der Waals surface area contributed by atoms with Crippen molar-refractivity contribution in [1.82, 2.24) is 24.5 Å². The number of alkyl halides is 1. The Morgan fingerprint density at radius 3 is 2.85 bits per heavy atom. The van der Waals surface area contributed by atoms with E-state index in [0.29, 0.717) is 23.8 Å². The summed E-state index contributed by atoms with van der Waals surface area (Å²) in [5, 5.41) is 0. The molecule has 6 nitrogen and oxygen atoms in total. The van der Waals surface area contributed by atoms with Crippen molar-refractivity contribution in [1.29, 1.82) is 0 Å². The van der Waals surface area contributed by atoms with Crippen molar-refractivity contribution in [3.05, 3.63) is 28.2 Å². The standard InChI is InChI=1S/C12H12ClN5OS/c1-7-8(20-6-16-7)4-18-9(3-13)17-10-11(18)14-5-15-12(10)19-2/h5-6H,3-4H2,1-2H3. The van der Waals surface area contributed by atoms with Crippen LogP contribution in [0.25, 0.3) is 11.2 Å². The molecule has 0 bridgehead atoms. The molecular weight excluding hydrogens is 298 g/mol. The van der Waals surface area contributed by atoms with Gasteiger partial charge < -0.3 is 9.30 Å². The van der Waals surface area contributed by atoms with Gasteiger partial charge in [-0.05, 0) is 6.92 Å². The van der Waals surface area contributed by atoms with Crippen molar-refractivity contribution >= 4 is 34.1 Å². The molecule has 0 saturated heterocycles. The highest BCUT2D eigenvalue weighted by Crippen LogP contribution is 2.24. The zero-order valence-electron chi connectivity index (χ0n) is 11.0. The van der Waals surface area contributed by atoms with Gasteiger partial charge in [0.25, 0.3) is 0 Å². The van der Waals surface area contributed by atoms with Crippen LogP contribution in [0, 0.1) is 6.92 Å². The average Bonchev–Trinajstić information content (AvgIpc) is 3.03. The summed E-state index contributed by atoms with van der Waals surface area (Å²) in [5.41, 5.74) is 4.20. The number of aryl methyl sites for hydroxylation is 1. The quantitative estimate of drug-likeness (QED) is 0.692. The van der Waals surface area contributed by atoms with Crippen molar-refractivity contribution in [2.75, 3.05) is 7.11 Å². The average molecular weight is 310 g/mol. The molecule has 0 aliphatic carbocycles. The third kappa shape index (κ3) is 2.12. The van der Waals surface area contributed by atoms with E-state index in [0.717, 1.165) is 22.0 Å². The van der Waals surface area contributed by atoms with E-state index < -0.39 is 0 Å². The maximum Gasteiger partial charge on any atom is 0.245 e. The molecule has 0 aromatic carbocycles. The van der Waals surface area contributed by atoms with Crippen LogP contribution in [0.5, 0.6) is 5.88 Å². The van der Waals surface area contributed by atoms with Gasteiger partial charge in [0.1, 0.15) is 12.2 Å². The van der Waals surface area contributed by atoms with E-state index in [1.807, 2.05) is 17.0 Å². The van der Waals surface area contributed by atoms with E-state index >= 15 is 0 Å². The molecule has 0 radical (unpaired) electrons. The van der Waals surface area contributed by atoms with Crippen LogP contribution in [-0.2, 0) is 12.4 Å². The first kappa shape index (κ1) is 13.3. The molecule has 0 spiro atoms. The van der Waals surface area contributed by atoms with Gasteiger partial charge in [-0.1, -0.05) is 0 Å². The van der Waals surface area contributed by atoms with Gasteiger partial charge in [-0.15, -0.1) is 22.9 Å². The van der Waals surface area contributed by atoms with Crippen LogP contribution in [0.1, 0.15) is 16.4 Å². The van der Waals surface area contributed by atoms with Crippen LogP contribution in [0.15, 0.2) is 11.8 Å². The Balaban J connectivity index is 2.16. The fraction of sp³-hybridized carbons (Fsp3) is 0.333. The topological polar surface area (TPSA) is 65.7 Å². The SMILES string of the molecule is COc1ncnc2c1nc(CCl)n2Cc1scnc1C. The number of aromatic nitrogens is 5. The highest BCUT2D eigenvalue weighted by Gasteiger charge is 2.17. The van der Waals surface area contributed by atoms with E-state index in [1.54, 1.807) is 18.4 Å². The number of hydrogen-bond acceptors (Lipinski definition) is 6. The highest BCUT2D eigenvalue weighted by molar-refractivity contribution is 7.09. The maximum absolute atomic E-state index is 5.99. The van der Waals surface area contributed by atoms with Crippen molar-refractivity contribution < 1.29 is 4.74 Å². The number of rotatable bonds is 4. The number of hydrogen-bond donors (Lipinski definition) is 0. The lowest BCUT2D eigenvalue weighted by atomic mass is 10.4. The Morgan fingerprint density at radius 1 is 1.35 bits per heavy atom. The van der Waals surface area contributed by atoms with Crippen molar-refractivity contribution in [3.63, 3.8) is 0 Å². The number of thiazole rings is 1. The molecule has 8 heteroatoms. The molecule has 0 atom stereocenters. The summed E-state index contributed by atoms with van der Waals surface area (Å²) in [7, 11) is 1.56. The predicted molar refractivity (Wildman–Crippen MR) is 77.4 cm³/mol. The second-order valence-electron chi connectivity index (χ2n) is 4.16. The second kappa shape index (κ2) is 5.34. The molecular formula is C12H12ClN5OS. The van der Waals surface area contributed by atoms with E-state index in [-0.39, 0.29) is 0 Å². The number of methoxy groups -OCH3 is 1. The number of halogens is 1. The van der Waals surface area contributed by atoms with Crippen molar-refractivity contribution in [3.8, 4) is 5.88 Å². The maximum atomic E-state index is 5.99. The molecule has 0 saturated carbocycles. The molecule has 3 aromatic heterocycles. The predicted octanol–water partition coefficient (Wildman–Crippen LogP) is 2.39. The summed E-state index contributed by atoms with van der Waals surface area (Å²) in [6.07, 6.45) is 1.47. The van der Waals surface area contributed by atoms with Gasteiger partial charge >= 0.3 is 0 Å². The fourth-order valence-corrected chi connectivity index (χ4v) is 2.97. The van der Waals surface area contributed by atoms with E-state index in [1.165, 1.54) is 6.33 Å². The summed E-state index contributed by atoms with van der Waals surface area (Å²) < 4.78 is 7.20. The number of nitrogens with zero attached hydrogens (tertiary/aromatic N) is 5. The zero-order valence-corrected chi connectivity index (χ0v) is 12.6. The van der Waals surface area contributed by atoms with Crippen LogP contribution in [0.2, 0.25) is 0 Å². The minimum Gasteiger partial charge on any atom is -0.479 e. The highest BCUT2D eigenvalue weighted by atomic mass is 35.5. The molecule has 0 unspecified atom stereocenters. The molecule has 3 heterocycles. The molecule has 0 aliphatic rings. The molecule has 0 fully saturated rings. The molecule has 104 valence electrons. The normalized spacial score (nSPS) is 11.2. The number of ether oxygens (including phenoxy) is 1. The first-order valence-electron chi connectivity index (χ1n) is 5.93. The molecule has 0 aliphatic heterocycles. The summed E-state index contributed by atoms with van der Waals surface area (Å²) in [5.74, 6) is 1.51. The minimum absolute atomic E-state index is 0.303. The van der Waals surface area contributed by atoms with Gasteiger partial charge in [0.2, 0.25) is 5.88 Å². The summed E-state index contributed by atoms with van der Waals surface area (Å²) >= 11 is 7.60. The lowest BCUT2D eigenvalue weighted by molar-refractivity contribution is 0.401. The first-order valence-corrected chi connectivity index (χ1v) is 7.35. The van der Waals surface area contributed by atoms with Crippen molar-refractivity contribution in [2.45, 2.75) is 19.3 Å². The Labute approximate surface area is 124 Å². The third-order valence-corrected chi connectivity index (χ3v) is 4.20. The van der Waals surface area contributed by atoms with Crippen LogP contribution in [0.4, 0.5) is 0 Å². The lowest BCUT2D eigenvalue weighted by Crippen LogP contribution is -2.04. The van der Waals surface area contributed by atoms with Crippen LogP contribution < -0.4 is 4.74 Å². The second-order valence-corrected chi connectivity index (χ2v) is 5.37. The largest absolute Gasteiger partial charge is 0.479 e. The molecule has 20 heavy (non-hydrogen) atoms. The fourth-order valence-electron chi connectivity index (χ4n) is 2.00. The Morgan fingerprint density at radius 2 is 2.20 bits per heavy atom. The van der Waals surface area contributed by atoms with Crippen molar-refractivity contribution in [2.24, 2.45) is 0 Å². The summed E-state index contributed by atoms with van der Waals surface area (Å²) in [4.78, 5) is 18.3. The zero-order chi connectivity index (χ0) is 14.1. The minimum atomic E-state index is 0.303. The summed E-state index contributed by atoms with van der Waals surface area (Å²) in [6, 6.07) is 0. The van der Waals surface area contributed by atoms with E-state index in [2.05, 4.69) is 19.9 Å². The van der Waals surface area contributed by atoms with Gasteiger partial charge in [0.05, 0.1) is 30.7 Å². The Kier molecular flexibility index (Phi) is 3.54. The molecule has 3 aromatic rings. The molecule has 0 amide bonds. The number of fused-ring (bicyclic) bond motifs is 1. The smallest absolute Gasteiger partial charge is 0.245 e. The van der Waals surface area contributed by atoms with E-state index in [4.69, 9.17) is 16.3 Å². The van der Waals surface area contributed by atoms with Crippen LogP contribution in [-0.4, -0.2) is 31.6 Å². The third-order valence-electron chi connectivity index (χ3n) is 3.04. The van der Waals surface area contributed by atoms with Gasteiger partial charge in [0, 0.05) is 4.88 Å². The number of imidazole rings is 1. The molecule has 3 rings (SSSR count). The Hall–Kier alpha value is -1.73. The Bertz CT molecular complexity index is 753. The van der Waals surface area contributed by atoms with E-state index in [9.17, 15) is 0 Å².